The van der Waals surface area contributed by atoms with E-state index < -0.39 is 0 Å². The highest BCUT2D eigenvalue weighted by Gasteiger charge is 2.11. The van der Waals surface area contributed by atoms with Crippen molar-refractivity contribution in [1.29, 1.82) is 0 Å². The zero-order valence-electron chi connectivity index (χ0n) is 10.4. The molecule has 0 spiro atoms. The number of aromatic amines is 1. The van der Waals surface area contributed by atoms with Crippen LogP contribution in [0.5, 0.6) is 0 Å². The summed E-state index contributed by atoms with van der Waals surface area (Å²) in [6.45, 7) is 5.74. The molecule has 0 bridgehead atoms. The van der Waals surface area contributed by atoms with Crippen molar-refractivity contribution < 1.29 is 0 Å². The lowest BCUT2D eigenvalue weighted by molar-refractivity contribution is 0.244. The summed E-state index contributed by atoms with van der Waals surface area (Å²) < 4.78 is 1.15. The number of nitrogens with zero attached hydrogens (tertiary/aromatic N) is 1. The number of hydrogen-bond acceptors (Lipinski definition) is 2. The second-order valence-electron chi connectivity index (χ2n) is 4.82. The van der Waals surface area contributed by atoms with E-state index in [1.807, 2.05) is 6.20 Å². The van der Waals surface area contributed by atoms with Crippen LogP contribution in [0.25, 0.3) is 10.9 Å². The highest BCUT2D eigenvalue weighted by Crippen LogP contribution is 2.26. The van der Waals surface area contributed by atoms with Gasteiger partial charge in [0.1, 0.15) is 0 Å². The van der Waals surface area contributed by atoms with Gasteiger partial charge in [0.15, 0.2) is 0 Å². The molecule has 0 atom stereocenters. The van der Waals surface area contributed by atoms with Crippen LogP contribution in [-0.2, 0) is 6.42 Å². The molecule has 0 amide bonds. The number of halogens is 1. The van der Waals surface area contributed by atoms with Gasteiger partial charge in [-0.25, -0.2) is 0 Å². The van der Waals surface area contributed by atoms with Gasteiger partial charge >= 0.3 is 0 Å². The fourth-order valence-corrected chi connectivity index (χ4v) is 3.05. The van der Waals surface area contributed by atoms with E-state index in [9.17, 15) is 0 Å². The Morgan fingerprint density at radius 1 is 1.22 bits per heavy atom. The van der Waals surface area contributed by atoms with Crippen LogP contribution in [0.3, 0.4) is 0 Å². The molecule has 1 aromatic carbocycles. The van der Waals surface area contributed by atoms with E-state index in [2.05, 4.69) is 49.3 Å². The first kappa shape index (κ1) is 12.2. The summed E-state index contributed by atoms with van der Waals surface area (Å²) >= 11 is 3.58. The largest absolute Gasteiger partial charge is 0.360 e. The van der Waals surface area contributed by atoms with Crippen LogP contribution in [0, 0.1) is 0 Å². The predicted octanol–water partition coefficient (Wildman–Crippen LogP) is 2.38. The summed E-state index contributed by atoms with van der Waals surface area (Å²) in [6, 6.07) is 6.53. The van der Waals surface area contributed by atoms with Crippen LogP contribution in [0.2, 0.25) is 0 Å². The number of hydrogen-bond donors (Lipinski definition) is 2. The van der Waals surface area contributed by atoms with E-state index in [0.29, 0.717) is 0 Å². The first-order chi connectivity index (χ1) is 8.84. The number of H-pyrrole nitrogens is 1. The molecule has 1 saturated heterocycles. The Labute approximate surface area is 116 Å². The number of nitrogens with one attached hydrogen (secondary N) is 2. The maximum Gasteiger partial charge on any atom is 0.0498 e. The third-order valence-corrected chi connectivity index (χ3v) is 4.31. The molecule has 18 heavy (non-hydrogen) atoms. The van der Waals surface area contributed by atoms with Gasteiger partial charge in [0, 0.05) is 54.3 Å². The highest BCUT2D eigenvalue weighted by atomic mass is 79.9. The van der Waals surface area contributed by atoms with Crippen LogP contribution in [0.1, 0.15) is 5.56 Å². The quantitative estimate of drug-likeness (QED) is 0.912. The lowest BCUT2D eigenvalue weighted by Crippen LogP contribution is -2.44. The minimum atomic E-state index is 1.12. The van der Waals surface area contributed by atoms with Gasteiger partial charge in [0.2, 0.25) is 0 Å². The zero-order chi connectivity index (χ0) is 12.4. The third kappa shape index (κ3) is 2.46. The average Bonchev–Trinajstić information content (AvgIpc) is 2.80. The maximum atomic E-state index is 3.58. The molecule has 0 unspecified atom stereocenters. The Morgan fingerprint density at radius 3 is 2.89 bits per heavy atom. The van der Waals surface area contributed by atoms with E-state index in [1.54, 1.807) is 0 Å². The van der Waals surface area contributed by atoms with Crippen molar-refractivity contribution in [1.82, 2.24) is 15.2 Å². The van der Waals surface area contributed by atoms with Gasteiger partial charge in [0.05, 0.1) is 0 Å². The van der Waals surface area contributed by atoms with Crippen molar-refractivity contribution in [2.24, 2.45) is 0 Å². The van der Waals surface area contributed by atoms with Crippen molar-refractivity contribution in [3.63, 3.8) is 0 Å². The molecule has 2 aromatic rings. The fourth-order valence-electron chi connectivity index (χ4n) is 2.60. The van der Waals surface area contributed by atoms with E-state index in [-0.39, 0.29) is 0 Å². The molecule has 1 aliphatic rings. The third-order valence-electron chi connectivity index (χ3n) is 3.66. The standard InChI is InChI=1S/C14H18BrN3/c15-13-10-17-14-11(2-1-3-12(13)14)4-7-18-8-5-16-6-9-18/h1-3,10,16-17H,4-9H2. The molecule has 1 aliphatic heterocycles. The van der Waals surface area contributed by atoms with Gasteiger partial charge < -0.3 is 15.2 Å². The van der Waals surface area contributed by atoms with Crippen LogP contribution >= 0.6 is 15.9 Å². The van der Waals surface area contributed by atoms with Gasteiger partial charge in [-0.15, -0.1) is 0 Å². The zero-order valence-corrected chi connectivity index (χ0v) is 12.0. The fraction of sp³-hybridized carbons (Fsp3) is 0.429. The first-order valence-corrected chi connectivity index (χ1v) is 7.31. The number of benzene rings is 1. The second kappa shape index (κ2) is 5.43. The van der Waals surface area contributed by atoms with Crippen molar-refractivity contribution in [2.45, 2.75) is 6.42 Å². The number of rotatable bonds is 3. The van der Waals surface area contributed by atoms with Crippen molar-refractivity contribution in [2.75, 3.05) is 32.7 Å². The van der Waals surface area contributed by atoms with Crippen LogP contribution in [0.15, 0.2) is 28.9 Å². The molecule has 3 nitrogen and oxygen atoms in total. The minimum absolute atomic E-state index is 1.12. The van der Waals surface area contributed by atoms with Crippen molar-refractivity contribution in [3.8, 4) is 0 Å². The summed E-state index contributed by atoms with van der Waals surface area (Å²) in [5.41, 5.74) is 2.69. The van der Waals surface area contributed by atoms with Crippen LogP contribution in [-0.4, -0.2) is 42.6 Å². The van der Waals surface area contributed by atoms with Gasteiger partial charge in [0.25, 0.3) is 0 Å². The van der Waals surface area contributed by atoms with E-state index >= 15 is 0 Å². The average molecular weight is 308 g/mol. The van der Waals surface area contributed by atoms with Crippen molar-refractivity contribution in [3.05, 3.63) is 34.4 Å². The summed E-state index contributed by atoms with van der Waals surface area (Å²) in [4.78, 5) is 5.90. The Morgan fingerprint density at radius 2 is 2.06 bits per heavy atom. The molecule has 3 rings (SSSR count). The molecule has 96 valence electrons. The summed E-state index contributed by atoms with van der Waals surface area (Å²) in [6.07, 6.45) is 3.14. The smallest absolute Gasteiger partial charge is 0.0498 e. The molecule has 1 aromatic heterocycles. The molecule has 4 heteroatoms. The van der Waals surface area contributed by atoms with Gasteiger partial charge in [-0.3, -0.25) is 0 Å². The number of fused-ring (bicyclic) bond motifs is 1. The lowest BCUT2D eigenvalue weighted by atomic mass is 10.1. The van der Waals surface area contributed by atoms with E-state index in [0.717, 1.165) is 30.5 Å². The molecular weight excluding hydrogens is 290 g/mol. The summed E-state index contributed by atoms with van der Waals surface area (Å²) in [5.74, 6) is 0. The Balaban J connectivity index is 1.74. The monoisotopic (exact) mass is 307 g/mol. The minimum Gasteiger partial charge on any atom is -0.360 e. The second-order valence-corrected chi connectivity index (χ2v) is 5.67. The Hall–Kier alpha value is -0.840. The highest BCUT2D eigenvalue weighted by molar-refractivity contribution is 9.10. The Kier molecular flexibility index (Phi) is 3.68. The Bertz CT molecular complexity index is 529. The van der Waals surface area contributed by atoms with E-state index in [4.69, 9.17) is 0 Å². The summed E-state index contributed by atoms with van der Waals surface area (Å²) in [5, 5.41) is 4.68. The number of aromatic nitrogens is 1. The molecule has 0 radical (unpaired) electrons. The van der Waals surface area contributed by atoms with Gasteiger partial charge in [-0.1, -0.05) is 18.2 Å². The SMILES string of the molecule is Brc1c[nH]c2c(CCN3CCNCC3)cccc12. The maximum absolute atomic E-state index is 3.58. The van der Waals surface area contributed by atoms with Gasteiger partial charge in [-0.2, -0.15) is 0 Å². The predicted molar refractivity (Wildman–Crippen MR) is 79.0 cm³/mol. The van der Waals surface area contributed by atoms with Crippen LogP contribution in [0.4, 0.5) is 0 Å². The molecule has 1 fully saturated rings. The molecule has 2 heterocycles. The molecular formula is C14H18BrN3. The van der Waals surface area contributed by atoms with Gasteiger partial charge in [-0.05, 0) is 27.9 Å². The molecule has 0 aliphatic carbocycles. The molecule has 0 saturated carbocycles. The first-order valence-electron chi connectivity index (χ1n) is 6.52. The van der Waals surface area contributed by atoms with Crippen molar-refractivity contribution >= 4 is 26.8 Å². The van der Waals surface area contributed by atoms with Crippen LogP contribution < -0.4 is 5.32 Å². The lowest BCUT2D eigenvalue weighted by Gasteiger charge is -2.27. The number of piperazine rings is 1. The summed E-state index contributed by atoms with van der Waals surface area (Å²) in [7, 11) is 0. The number of para-hydroxylation sites is 1. The van der Waals surface area contributed by atoms with E-state index in [1.165, 1.54) is 29.6 Å². The normalized spacial score (nSPS) is 17.4. The topological polar surface area (TPSA) is 31.1 Å². The molecule has 2 N–H and O–H groups in total.